The zero-order chi connectivity index (χ0) is 33.3. The molecule has 242 valence electrons. The van der Waals surface area contributed by atoms with Crippen LogP contribution >= 0.6 is 0 Å². The van der Waals surface area contributed by atoms with Crippen molar-refractivity contribution in [2.45, 2.75) is 44.7 Å². The van der Waals surface area contributed by atoms with Gasteiger partial charge in [-0.3, -0.25) is 4.72 Å². The van der Waals surface area contributed by atoms with E-state index in [4.69, 9.17) is 9.47 Å². The third-order valence-electron chi connectivity index (χ3n) is 6.71. The molecule has 11 heteroatoms. The molecule has 0 atom stereocenters. The van der Waals surface area contributed by atoms with Crippen LogP contribution in [0, 0.1) is 0 Å². The molecular weight excluding hydrogens is 606 g/mol. The summed E-state index contributed by atoms with van der Waals surface area (Å²) in [6.45, 7) is 8.64. The molecule has 0 aromatic heterocycles. The third-order valence-corrected chi connectivity index (χ3v) is 8.11. The maximum atomic E-state index is 13.8. The average molecular weight is 646 g/mol. The first-order valence-corrected chi connectivity index (χ1v) is 16.3. The van der Waals surface area contributed by atoms with Crippen molar-refractivity contribution < 1.29 is 32.6 Å². The average Bonchev–Trinajstić information content (AvgIpc) is 3.00. The van der Waals surface area contributed by atoms with Crippen LogP contribution in [0.15, 0.2) is 102 Å². The minimum atomic E-state index is -4.15. The van der Waals surface area contributed by atoms with Crippen LogP contribution in [0.1, 0.15) is 43.6 Å². The van der Waals surface area contributed by atoms with Gasteiger partial charge in [0.15, 0.2) is 0 Å². The first kappa shape index (κ1) is 33.9. The van der Waals surface area contributed by atoms with Crippen LogP contribution in [0.25, 0.3) is 11.1 Å². The smallest absolute Gasteiger partial charge is 0.407 e. The van der Waals surface area contributed by atoms with Crippen molar-refractivity contribution in [2.24, 2.45) is 0 Å². The van der Waals surface area contributed by atoms with Gasteiger partial charge in [-0.2, -0.15) is 0 Å². The Morgan fingerprint density at radius 1 is 0.870 bits per heavy atom. The lowest BCUT2D eigenvalue weighted by atomic mass is 10.0. The summed E-state index contributed by atoms with van der Waals surface area (Å²) in [6, 6.07) is 27.8. The number of carbonyl (C=O) groups excluding carboxylic acids is 1. The van der Waals surface area contributed by atoms with Crippen LogP contribution in [-0.2, 0) is 21.3 Å². The Kier molecular flexibility index (Phi) is 10.9. The van der Waals surface area contributed by atoms with Crippen LogP contribution in [0.2, 0.25) is 0 Å². The molecule has 0 bridgehead atoms. The minimum Gasteiger partial charge on any atom is -0.492 e. The fourth-order valence-electron chi connectivity index (χ4n) is 4.69. The first-order chi connectivity index (χ1) is 21.8. The van der Waals surface area contributed by atoms with Crippen LogP contribution in [0.3, 0.4) is 0 Å². The highest BCUT2D eigenvalue weighted by molar-refractivity contribution is 7.92. The van der Waals surface area contributed by atoms with Crippen LogP contribution in [0.5, 0.6) is 5.75 Å². The number of ether oxygens (including phenoxy) is 2. The van der Waals surface area contributed by atoms with Crippen LogP contribution in [0.4, 0.5) is 16.2 Å². The number of rotatable bonds is 13. The predicted octanol–water partition coefficient (Wildman–Crippen LogP) is 6.78. The van der Waals surface area contributed by atoms with E-state index in [0.29, 0.717) is 36.4 Å². The van der Waals surface area contributed by atoms with E-state index in [1.165, 1.54) is 18.2 Å². The number of nitrogens with one attached hydrogen (secondary N) is 2. The van der Waals surface area contributed by atoms with Gasteiger partial charge in [0.2, 0.25) is 0 Å². The van der Waals surface area contributed by atoms with Crippen molar-refractivity contribution in [2.75, 3.05) is 29.3 Å². The Balaban J connectivity index is 1.61. The van der Waals surface area contributed by atoms with Gasteiger partial charge >= 0.3 is 12.1 Å². The van der Waals surface area contributed by atoms with Crippen LogP contribution in [-0.4, -0.2) is 50.9 Å². The highest BCUT2D eigenvalue weighted by Crippen LogP contribution is 2.32. The highest BCUT2D eigenvalue weighted by atomic mass is 32.2. The van der Waals surface area contributed by atoms with Crippen molar-refractivity contribution in [3.8, 4) is 16.9 Å². The Labute approximate surface area is 270 Å². The van der Waals surface area contributed by atoms with Gasteiger partial charge in [-0.15, -0.1) is 0 Å². The predicted molar refractivity (Wildman–Crippen MR) is 179 cm³/mol. The number of nitrogens with zero attached hydrogens (tertiary/aromatic N) is 1. The molecule has 0 saturated carbocycles. The van der Waals surface area contributed by atoms with Crippen molar-refractivity contribution in [1.82, 2.24) is 5.32 Å². The van der Waals surface area contributed by atoms with Crippen molar-refractivity contribution in [3.05, 3.63) is 108 Å². The summed E-state index contributed by atoms with van der Waals surface area (Å²) in [7, 11) is -4.15. The first-order valence-electron chi connectivity index (χ1n) is 14.8. The maximum Gasteiger partial charge on any atom is 0.407 e. The van der Waals surface area contributed by atoms with Crippen LogP contribution < -0.4 is 19.7 Å². The molecule has 0 heterocycles. The summed E-state index contributed by atoms with van der Waals surface area (Å²) >= 11 is 0. The number of benzene rings is 4. The number of carbonyl (C=O) groups is 2. The number of anilines is 2. The van der Waals surface area contributed by atoms with E-state index in [2.05, 4.69) is 10.0 Å². The molecule has 0 saturated heterocycles. The molecule has 0 radical (unpaired) electrons. The molecule has 0 fully saturated rings. The molecule has 0 aliphatic carbocycles. The number of carboxylic acid groups (broad SMARTS) is 1. The molecule has 10 nitrogen and oxygen atoms in total. The second kappa shape index (κ2) is 14.8. The number of hydrogen-bond donors (Lipinski definition) is 3. The Bertz CT molecular complexity index is 1770. The number of hydrogen-bond acceptors (Lipinski definition) is 7. The van der Waals surface area contributed by atoms with E-state index in [0.717, 1.165) is 11.3 Å². The number of amides is 1. The summed E-state index contributed by atoms with van der Waals surface area (Å²) in [6.07, 6.45) is -0.518. The van der Waals surface area contributed by atoms with Gasteiger partial charge in [0, 0.05) is 25.3 Å². The van der Waals surface area contributed by atoms with Gasteiger partial charge < -0.3 is 24.8 Å². The van der Waals surface area contributed by atoms with Gasteiger partial charge in [-0.25, -0.2) is 18.0 Å². The van der Waals surface area contributed by atoms with E-state index in [1.54, 1.807) is 70.2 Å². The van der Waals surface area contributed by atoms with Crippen molar-refractivity contribution in [3.63, 3.8) is 0 Å². The Morgan fingerprint density at radius 2 is 1.59 bits per heavy atom. The third kappa shape index (κ3) is 9.48. The minimum absolute atomic E-state index is 0.0827. The molecule has 0 aliphatic heterocycles. The molecular formula is C35H39N3O7S. The number of sulfonamides is 1. The summed E-state index contributed by atoms with van der Waals surface area (Å²) in [4.78, 5) is 25.7. The molecule has 0 spiro atoms. The quantitative estimate of drug-likeness (QED) is 0.145. The van der Waals surface area contributed by atoms with Gasteiger partial charge in [0.1, 0.15) is 16.2 Å². The van der Waals surface area contributed by atoms with E-state index < -0.39 is 27.7 Å². The normalized spacial score (nSPS) is 11.4. The van der Waals surface area contributed by atoms with Crippen molar-refractivity contribution in [1.29, 1.82) is 0 Å². The van der Waals surface area contributed by atoms with Gasteiger partial charge in [0.25, 0.3) is 10.0 Å². The van der Waals surface area contributed by atoms with Crippen molar-refractivity contribution >= 4 is 33.5 Å². The maximum absolute atomic E-state index is 13.8. The molecule has 4 aromatic rings. The molecule has 4 aromatic carbocycles. The second-order valence-electron chi connectivity index (χ2n) is 11.5. The zero-order valence-electron chi connectivity index (χ0n) is 26.3. The number of carboxylic acids is 1. The van der Waals surface area contributed by atoms with E-state index in [9.17, 15) is 23.1 Å². The Hall–Kier alpha value is -5.03. The van der Waals surface area contributed by atoms with Gasteiger partial charge in [-0.1, -0.05) is 54.6 Å². The van der Waals surface area contributed by atoms with E-state index in [1.807, 2.05) is 41.3 Å². The zero-order valence-corrected chi connectivity index (χ0v) is 27.1. The lowest BCUT2D eigenvalue weighted by Crippen LogP contribution is -2.38. The fourth-order valence-corrected chi connectivity index (χ4v) is 5.91. The SMILES string of the molecule is CCOc1ccc(-c2cccc(C(=O)O)c2)cc1S(=O)(=O)Nc1cccc(N(CCNC(=O)OC(C)(C)C)Cc2ccccc2)c1. The summed E-state index contributed by atoms with van der Waals surface area (Å²) < 4.78 is 41.4. The Morgan fingerprint density at radius 3 is 2.28 bits per heavy atom. The summed E-state index contributed by atoms with van der Waals surface area (Å²) in [5, 5.41) is 12.2. The lowest BCUT2D eigenvalue weighted by Gasteiger charge is -2.26. The summed E-state index contributed by atoms with van der Waals surface area (Å²) in [5.74, 6) is -0.910. The number of aromatic carboxylic acids is 1. The monoisotopic (exact) mass is 645 g/mol. The lowest BCUT2D eigenvalue weighted by molar-refractivity contribution is 0.0528. The second-order valence-corrected chi connectivity index (χ2v) is 13.1. The molecule has 3 N–H and O–H groups in total. The standard InChI is InChI=1S/C35H39N3O7S/c1-5-44-31-18-17-27(26-13-9-14-28(21-26)33(39)40)22-32(31)46(42,43)37-29-15-10-16-30(23-29)38(24-25-11-7-6-8-12-25)20-19-36-34(41)45-35(2,3)4/h6-18,21-23,37H,5,19-20,24H2,1-4H3,(H,36,41)(H,39,40). The highest BCUT2D eigenvalue weighted by Gasteiger charge is 2.22. The molecule has 0 unspecified atom stereocenters. The summed E-state index contributed by atoms with van der Waals surface area (Å²) in [5.41, 5.74) is 2.65. The van der Waals surface area contributed by atoms with E-state index >= 15 is 0 Å². The van der Waals surface area contributed by atoms with Gasteiger partial charge in [0.05, 0.1) is 17.9 Å². The number of alkyl carbamates (subject to hydrolysis) is 1. The molecule has 46 heavy (non-hydrogen) atoms. The van der Waals surface area contributed by atoms with E-state index in [-0.39, 0.29) is 22.8 Å². The fraction of sp³-hybridized carbons (Fsp3) is 0.257. The molecule has 0 aliphatic rings. The topological polar surface area (TPSA) is 134 Å². The van der Waals surface area contributed by atoms with Gasteiger partial charge in [-0.05, 0) is 86.8 Å². The molecule has 1 amide bonds. The molecule has 4 rings (SSSR count). The largest absolute Gasteiger partial charge is 0.492 e.